The smallest absolute Gasteiger partial charge is 0.216 e. The molecule has 1 aromatic carbocycles. The Morgan fingerprint density at radius 3 is 2.67 bits per heavy atom. The Hall–Kier alpha value is -1.19. The van der Waals surface area contributed by atoms with Crippen molar-refractivity contribution in [1.29, 1.82) is 0 Å². The second kappa shape index (κ2) is 12.3. The number of aryl methyl sites for hydroxylation is 2. The van der Waals surface area contributed by atoms with E-state index in [9.17, 15) is 0 Å². The number of oxazole rings is 1. The van der Waals surface area contributed by atoms with E-state index < -0.39 is 0 Å². The molecule has 0 aliphatic heterocycles. The highest BCUT2D eigenvalue weighted by atomic mass is 127. The topological polar surface area (TPSA) is 71.7 Å². The zero-order valence-electron chi connectivity index (χ0n) is 15.6. The number of guanidine groups is 1. The van der Waals surface area contributed by atoms with Crippen molar-refractivity contribution in [3.8, 4) is 5.75 Å². The zero-order valence-corrected chi connectivity index (χ0v) is 19.5. The van der Waals surface area contributed by atoms with Crippen LogP contribution in [-0.4, -0.2) is 30.6 Å². The Balaban J connectivity index is 0.00000364. The van der Waals surface area contributed by atoms with E-state index in [0.29, 0.717) is 47.3 Å². The van der Waals surface area contributed by atoms with Crippen LogP contribution in [0.1, 0.15) is 30.7 Å². The van der Waals surface area contributed by atoms with Crippen LogP contribution >= 0.6 is 47.2 Å². The molecule has 0 aliphatic rings. The molecule has 0 unspecified atom stereocenters. The van der Waals surface area contributed by atoms with Crippen LogP contribution in [0.2, 0.25) is 10.0 Å². The molecule has 0 radical (unpaired) electrons. The monoisotopic (exact) mass is 526 g/mol. The minimum absolute atomic E-state index is 0. The summed E-state index contributed by atoms with van der Waals surface area (Å²) in [4.78, 5) is 8.81. The molecule has 150 valence electrons. The summed E-state index contributed by atoms with van der Waals surface area (Å²) in [5, 5.41) is 7.55. The molecule has 2 aromatic rings. The van der Waals surface area contributed by atoms with Crippen molar-refractivity contribution in [3.63, 3.8) is 0 Å². The van der Waals surface area contributed by atoms with Gasteiger partial charge in [-0.2, -0.15) is 0 Å². The first-order chi connectivity index (χ1) is 12.5. The van der Waals surface area contributed by atoms with Crippen molar-refractivity contribution >= 4 is 53.1 Å². The van der Waals surface area contributed by atoms with Crippen LogP contribution in [0.15, 0.2) is 27.6 Å². The van der Waals surface area contributed by atoms with E-state index in [1.54, 1.807) is 18.2 Å². The van der Waals surface area contributed by atoms with Gasteiger partial charge in [0, 0.05) is 18.1 Å². The first-order valence-corrected chi connectivity index (χ1v) is 9.28. The Labute approximate surface area is 187 Å². The number of rotatable bonds is 8. The SMILES string of the molecule is CCNC(=NCc1nc(C)c(C)o1)NCCCOc1ccc(Cl)cc1Cl.I. The van der Waals surface area contributed by atoms with Gasteiger partial charge in [-0.05, 0) is 45.4 Å². The summed E-state index contributed by atoms with van der Waals surface area (Å²) in [5.74, 6) is 2.78. The quantitative estimate of drug-likeness (QED) is 0.225. The maximum absolute atomic E-state index is 6.08. The summed E-state index contributed by atoms with van der Waals surface area (Å²) in [6, 6.07) is 5.19. The zero-order chi connectivity index (χ0) is 18.9. The van der Waals surface area contributed by atoms with Crippen LogP contribution in [0.4, 0.5) is 0 Å². The molecule has 0 saturated heterocycles. The molecule has 6 nitrogen and oxygen atoms in total. The summed E-state index contributed by atoms with van der Waals surface area (Å²) in [6.07, 6.45) is 0.792. The van der Waals surface area contributed by atoms with Crippen molar-refractivity contribution in [1.82, 2.24) is 15.6 Å². The van der Waals surface area contributed by atoms with E-state index in [1.165, 1.54) is 0 Å². The fourth-order valence-electron chi connectivity index (χ4n) is 2.15. The van der Waals surface area contributed by atoms with E-state index in [1.807, 2.05) is 20.8 Å². The first-order valence-electron chi connectivity index (χ1n) is 8.52. The standard InChI is InChI=1S/C18H24Cl2N4O2.HI/c1-4-21-18(23-11-17-24-12(2)13(3)26-17)22-8-5-9-25-16-7-6-14(19)10-15(16)20;/h6-7,10H,4-5,8-9,11H2,1-3H3,(H2,21,22,23);1H. The highest BCUT2D eigenvalue weighted by molar-refractivity contribution is 14.0. The number of halogens is 3. The van der Waals surface area contributed by atoms with E-state index in [0.717, 1.165) is 24.4 Å². The van der Waals surface area contributed by atoms with E-state index in [4.69, 9.17) is 32.4 Å². The van der Waals surface area contributed by atoms with Gasteiger partial charge in [0.1, 0.15) is 18.1 Å². The van der Waals surface area contributed by atoms with Crippen LogP contribution in [0.3, 0.4) is 0 Å². The maximum atomic E-state index is 6.08. The van der Waals surface area contributed by atoms with Gasteiger partial charge in [0.25, 0.3) is 0 Å². The number of aromatic nitrogens is 1. The Morgan fingerprint density at radius 2 is 2.04 bits per heavy atom. The number of benzene rings is 1. The average molecular weight is 527 g/mol. The highest BCUT2D eigenvalue weighted by Crippen LogP contribution is 2.27. The number of ether oxygens (including phenoxy) is 1. The lowest BCUT2D eigenvalue weighted by Crippen LogP contribution is -2.38. The molecule has 0 bridgehead atoms. The third kappa shape index (κ3) is 8.15. The molecule has 9 heteroatoms. The summed E-state index contributed by atoms with van der Waals surface area (Å²) in [5.41, 5.74) is 0.895. The molecule has 27 heavy (non-hydrogen) atoms. The molecule has 1 aromatic heterocycles. The minimum Gasteiger partial charge on any atom is -0.492 e. The van der Waals surface area contributed by atoms with Gasteiger partial charge in [-0.25, -0.2) is 9.98 Å². The third-order valence-electron chi connectivity index (χ3n) is 3.55. The third-order valence-corrected chi connectivity index (χ3v) is 4.08. The second-order valence-corrected chi connectivity index (χ2v) is 6.49. The normalized spacial score (nSPS) is 11.1. The van der Waals surface area contributed by atoms with Crippen molar-refractivity contribution in [2.24, 2.45) is 4.99 Å². The van der Waals surface area contributed by atoms with Crippen LogP contribution in [0, 0.1) is 13.8 Å². The van der Waals surface area contributed by atoms with Gasteiger partial charge in [0.05, 0.1) is 17.3 Å². The summed E-state index contributed by atoms with van der Waals surface area (Å²) in [7, 11) is 0. The summed E-state index contributed by atoms with van der Waals surface area (Å²) >= 11 is 11.9. The van der Waals surface area contributed by atoms with Gasteiger partial charge in [-0.3, -0.25) is 0 Å². The number of nitrogens with one attached hydrogen (secondary N) is 2. The molecule has 0 amide bonds. The number of nitrogens with zero attached hydrogens (tertiary/aromatic N) is 2. The van der Waals surface area contributed by atoms with E-state index in [2.05, 4.69) is 20.6 Å². The van der Waals surface area contributed by atoms with Crippen molar-refractivity contribution in [3.05, 3.63) is 45.6 Å². The predicted octanol–water partition coefficient (Wildman–Crippen LogP) is 4.74. The van der Waals surface area contributed by atoms with Gasteiger partial charge >= 0.3 is 0 Å². The maximum Gasteiger partial charge on any atom is 0.216 e. The molecular formula is C18H25Cl2IN4O2. The van der Waals surface area contributed by atoms with Gasteiger partial charge in [0.2, 0.25) is 5.89 Å². The minimum atomic E-state index is 0. The van der Waals surface area contributed by atoms with Gasteiger partial charge in [0.15, 0.2) is 5.96 Å². The Bertz CT molecular complexity index is 733. The number of hydrogen-bond acceptors (Lipinski definition) is 4. The highest BCUT2D eigenvalue weighted by Gasteiger charge is 2.06. The molecule has 0 aliphatic carbocycles. The van der Waals surface area contributed by atoms with Gasteiger partial charge in [-0.1, -0.05) is 23.2 Å². The molecule has 0 fully saturated rings. The van der Waals surface area contributed by atoms with Crippen LogP contribution < -0.4 is 15.4 Å². The molecule has 2 rings (SSSR count). The number of hydrogen-bond donors (Lipinski definition) is 2. The van der Waals surface area contributed by atoms with Gasteiger partial charge < -0.3 is 19.8 Å². The number of aliphatic imine (C=N–C) groups is 1. The fraction of sp³-hybridized carbons (Fsp3) is 0.444. The molecule has 2 N–H and O–H groups in total. The molecular weight excluding hydrogens is 502 g/mol. The van der Waals surface area contributed by atoms with E-state index >= 15 is 0 Å². The lowest BCUT2D eigenvalue weighted by molar-refractivity contribution is 0.311. The van der Waals surface area contributed by atoms with Crippen molar-refractivity contribution in [2.75, 3.05) is 19.7 Å². The largest absolute Gasteiger partial charge is 0.492 e. The van der Waals surface area contributed by atoms with Crippen molar-refractivity contribution in [2.45, 2.75) is 33.7 Å². The van der Waals surface area contributed by atoms with Gasteiger partial charge in [-0.15, -0.1) is 24.0 Å². The average Bonchev–Trinajstić information content (AvgIpc) is 2.92. The Morgan fingerprint density at radius 1 is 1.26 bits per heavy atom. The Kier molecular flexibility index (Phi) is 10.9. The van der Waals surface area contributed by atoms with E-state index in [-0.39, 0.29) is 24.0 Å². The molecule has 0 spiro atoms. The summed E-state index contributed by atoms with van der Waals surface area (Å²) < 4.78 is 11.2. The summed E-state index contributed by atoms with van der Waals surface area (Å²) in [6.45, 7) is 8.23. The van der Waals surface area contributed by atoms with Crippen molar-refractivity contribution < 1.29 is 9.15 Å². The fourth-order valence-corrected chi connectivity index (χ4v) is 2.61. The van der Waals surface area contributed by atoms with Crippen LogP contribution in [0.25, 0.3) is 0 Å². The molecule has 1 heterocycles. The van der Waals surface area contributed by atoms with Crippen LogP contribution in [0.5, 0.6) is 5.75 Å². The molecule has 0 atom stereocenters. The lowest BCUT2D eigenvalue weighted by Gasteiger charge is -2.12. The molecule has 0 saturated carbocycles. The second-order valence-electron chi connectivity index (χ2n) is 5.65. The first kappa shape index (κ1) is 23.8. The lowest BCUT2D eigenvalue weighted by atomic mass is 10.3. The predicted molar refractivity (Wildman–Crippen MR) is 121 cm³/mol. The van der Waals surface area contributed by atoms with Crippen LogP contribution in [-0.2, 0) is 6.54 Å².